The minimum absolute atomic E-state index is 0.129. The van der Waals surface area contributed by atoms with Crippen molar-refractivity contribution in [2.24, 2.45) is 7.05 Å². The van der Waals surface area contributed by atoms with Crippen molar-refractivity contribution in [3.63, 3.8) is 0 Å². The first-order chi connectivity index (χ1) is 16.4. The van der Waals surface area contributed by atoms with Gasteiger partial charge in [-0.1, -0.05) is 72.2 Å². The van der Waals surface area contributed by atoms with Crippen LogP contribution in [0.15, 0.2) is 71.2 Å². The molecular weight excluding hydrogens is 490 g/mol. The summed E-state index contributed by atoms with van der Waals surface area (Å²) in [5.41, 5.74) is 7.65. The van der Waals surface area contributed by atoms with E-state index < -0.39 is 0 Å². The molecule has 0 saturated carbocycles. The summed E-state index contributed by atoms with van der Waals surface area (Å²) in [4.78, 5) is 0. The lowest BCUT2D eigenvalue weighted by Crippen LogP contribution is -2.36. The first-order valence-electron chi connectivity index (χ1n) is 11.8. The molecule has 4 aromatic rings. The molecule has 1 saturated heterocycles. The topological polar surface area (TPSA) is 32.6 Å². The van der Waals surface area contributed by atoms with Crippen LogP contribution in [0.4, 0.5) is 0 Å². The van der Waals surface area contributed by atoms with Gasteiger partial charge < -0.3 is 18.8 Å². The highest BCUT2D eigenvalue weighted by Crippen LogP contribution is 2.46. The van der Waals surface area contributed by atoms with E-state index >= 15 is 0 Å². The summed E-state index contributed by atoms with van der Waals surface area (Å²) in [5, 5.41) is 1.34. The Morgan fingerprint density at radius 1 is 0.971 bits per heavy atom. The van der Waals surface area contributed by atoms with Gasteiger partial charge in [-0.2, -0.15) is 0 Å². The number of aryl methyl sites for hydroxylation is 1. The molecule has 5 heteroatoms. The number of fused-ring (bicyclic) bond motifs is 4. The first-order valence-corrected chi connectivity index (χ1v) is 12.6. The van der Waals surface area contributed by atoms with Crippen molar-refractivity contribution in [2.45, 2.75) is 38.1 Å². The van der Waals surface area contributed by atoms with E-state index in [0.717, 1.165) is 22.2 Å². The van der Waals surface area contributed by atoms with E-state index in [1.54, 1.807) is 0 Å². The van der Waals surface area contributed by atoms with E-state index in [1.165, 1.54) is 33.3 Å². The number of ether oxygens (including phenoxy) is 3. The molecule has 3 aromatic carbocycles. The van der Waals surface area contributed by atoms with Crippen LogP contribution in [0, 0.1) is 0 Å². The fourth-order valence-electron chi connectivity index (χ4n) is 5.70. The average Bonchev–Trinajstić information content (AvgIpc) is 3.12. The van der Waals surface area contributed by atoms with E-state index in [2.05, 4.69) is 77.8 Å². The molecule has 2 aliphatic rings. The lowest BCUT2D eigenvalue weighted by molar-refractivity contribution is -0.215. The van der Waals surface area contributed by atoms with Crippen molar-refractivity contribution >= 4 is 26.8 Å². The molecule has 0 N–H and O–H groups in total. The lowest BCUT2D eigenvalue weighted by Gasteiger charge is -2.35. The van der Waals surface area contributed by atoms with Gasteiger partial charge >= 0.3 is 0 Å². The summed E-state index contributed by atoms with van der Waals surface area (Å²) in [6, 6.07) is 23.2. The van der Waals surface area contributed by atoms with Crippen LogP contribution in [0.3, 0.4) is 0 Å². The number of halogens is 1. The summed E-state index contributed by atoms with van der Waals surface area (Å²) >= 11 is 3.64. The molecule has 34 heavy (non-hydrogen) atoms. The third-order valence-electron chi connectivity index (χ3n) is 7.22. The molecule has 0 bridgehead atoms. The molecule has 1 aliphatic heterocycles. The largest absolute Gasteiger partial charge is 0.486 e. The molecular formula is C29H28BrNO3. The van der Waals surface area contributed by atoms with Crippen LogP contribution in [0.2, 0.25) is 0 Å². The second-order valence-corrected chi connectivity index (χ2v) is 10.7. The van der Waals surface area contributed by atoms with Crippen LogP contribution in [0.5, 0.6) is 5.75 Å². The molecule has 1 aromatic heterocycles. The highest BCUT2D eigenvalue weighted by Gasteiger charge is 2.37. The van der Waals surface area contributed by atoms with E-state index in [-0.39, 0.29) is 17.8 Å². The highest BCUT2D eigenvalue weighted by molar-refractivity contribution is 9.10. The van der Waals surface area contributed by atoms with Crippen molar-refractivity contribution < 1.29 is 14.2 Å². The molecule has 1 fully saturated rings. The van der Waals surface area contributed by atoms with Gasteiger partial charge in [0, 0.05) is 45.5 Å². The van der Waals surface area contributed by atoms with Gasteiger partial charge in [-0.25, -0.2) is 0 Å². The zero-order valence-corrected chi connectivity index (χ0v) is 21.3. The Hall–Kier alpha value is -2.60. The SMILES string of the molecule is Cn1c2c(c3ccc(Br)cc31)Cc1ccc(OC3COC(c4ccccc4)OC3)cc1C2(C)C. The molecule has 0 spiro atoms. The zero-order valence-electron chi connectivity index (χ0n) is 19.7. The molecule has 2 heterocycles. The second-order valence-electron chi connectivity index (χ2n) is 9.82. The van der Waals surface area contributed by atoms with Gasteiger partial charge in [0.2, 0.25) is 0 Å². The Balaban J connectivity index is 1.25. The third kappa shape index (κ3) is 3.58. The Morgan fingerprint density at radius 2 is 1.74 bits per heavy atom. The molecule has 0 amide bonds. The Labute approximate surface area is 208 Å². The van der Waals surface area contributed by atoms with E-state index in [1.807, 2.05) is 30.3 Å². The monoisotopic (exact) mass is 517 g/mol. The van der Waals surface area contributed by atoms with Gasteiger partial charge in [0.15, 0.2) is 6.29 Å². The van der Waals surface area contributed by atoms with Crippen LogP contribution < -0.4 is 4.74 Å². The summed E-state index contributed by atoms with van der Waals surface area (Å²) < 4.78 is 21.7. The van der Waals surface area contributed by atoms with Crippen LogP contribution in [0.25, 0.3) is 10.9 Å². The van der Waals surface area contributed by atoms with Crippen molar-refractivity contribution in [1.82, 2.24) is 4.57 Å². The van der Waals surface area contributed by atoms with Crippen LogP contribution in [-0.4, -0.2) is 23.9 Å². The quantitative estimate of drug-likeness (QED) is 0.304. The summed E-state index contributed by atoms with van der Waals surface area (Å²) in [5.74, 6) is 0.868. The average molecular weight is 518 g/mol. The van der Waals surface area contributed by atoms with Gasteiger partial charge in [-0.3, -0.25) is 0 Å². The molecule has 174 valence electrons. The van der Waals surface area contributed by atoms with Crippen molar-refractivity contribution in [3.05, 3.63) is 99.2 Å². The third-order valence-corrected chi connectivity index (χ3v) is 7.72. The number of aromatic nitrogens is 1. The van der Waals surface area contributed by atoms with Crippen LogP contribution >= 0.6 is 15.9 Å². The fourth-order valence-corrected chi connectivity index (χ4v) is 6.04. The first kappa shape index (κ1) is 21.9. The highest BCUT2D eigenvalue weighted by atomic mass is 79.9. The van der Waals surface area contributed by atoms with Crippen LogP contribution in [0.1, 0.15) is 48.1 Å². The standard InChI is InChI=1S/C29H28BrNO3/c1-29(2)25-15-21(34-22-16-32-28(33-17-22)18-7-5-4-6-8-18)11-9-19(25)13-24-23-12-10-20(30)14-26(23)31(3)27(24)29/h4-12,14-15,22,28H,13,16-17H2,1-3H3. The van der Waals surface area contributed by atoms with Crippen molar-refractivity contribution in [1.29, 1.82) is 0 Å². The maximum absolute atomic E-state index is 6.33. The molecule has 6 rings (SSSR count). The van der Waals surface area contributed by atoms with Gasteiger partial charge in [-0.15, -0.1) is 0 Å². The van der Waals surface area contributed by atoms with Crippen molar-refractivity contribution in [2.75, 3.05) is 13.2 Å². The van der Waals surface area contributed by atoms with E-state index in [4.69, 9.17) is 14.2 Å². The van der Waals surface area contributed by atoms with Gasteiger partial charge in [-0.05, 0) is 41.0 Å². The number of hydrogen-bond donors (Lipinski definition) is 0. The normalized spacial score (nSPS) is 21.2. The minimum Gasteiger partial charge on any atom is -0.486 e. The number of nitrogens with zero attached hydrogens (tertiary/aromatic N) is 1. The van der Waals surface area contributed by atoms with Gasteiger partial charge in [0.25, 0.3) is 0 Å². The van der Waals surface area contributed by atoms with Crippen LogP contribution in [-0.2, 0) is 28.4 Å². The maximum Gasteiger partial charge on any atom is 0.184 e. The minimum atomic E-state index is -0.326. The Morgan fingerprint density at radius 3 is 2.50 bits per heavy atom. The van der Waals surface area contributed by atoms with E-state index in [0.29, 0.717) is 13.2 Å². The Bertz CT molecular complexity index is 1370. The fraction of sp³-hybridized carbons (Fsp3) is 0.310. The van der Waals surface area contributed by atoms with Crippen molar-refractivity contribution in [3.8, 4) is 5.75 Å². The Kier molecular flexibility index (Phi) is 5.32. The summed E-state index contributed by atoms with van der Waals surface area (Å²) in [7, 11) is 2.18. The summed E-state index contributed by atoms with van der Waals surface area (Å²) in [6.07, 6.45) is 0.477. The maximum atomic E-state index is 6.33. The number of rotatable bonds is 3. The molecule has 0 atom stereocenters. The predicted molar refractivity (Wildman–Crippen MR) is 137 cm³/mol. The predicted octanol–water partition coefficient (Wildman–Crippen LogP) is 6.66. The van der Waals surface area contributed by atoms with Gasteiger partial charge in [0.05, 0.1) is 13.2 Å². The lowest BCUT2D eigenvalue weighted by atomic mass is 9.71. The number of benzene rings is 3. The zero-order chi connectivity index (χ0) is 23.4. The van der Waals surface area contributed by atoms with Gasteiger partial charge in [0.1, 0.15) is 11.9 Å². The molecule has 1 aliphatic carbocycles. The van der Waals surface area contributed by atoms with E-state index in [9.17, 15) is 0 Å². The molecule has 4 nitrogen and oxygen atoms in total. The summed E-state index contributed by atoms with van der Waals surface area (Å²) in [6.45, 7) is 5.64. The number of hydrogen-bond acceptors (Lipinski definition) is 3. The molecule has 0 radical (unpaired) electrons. The smallest absolute Gasteiger partial charge is 0.184 e. The second kappa shape index (κ2) is 8.26. The molecule has 0 unspecified atom stereocenters.